The minimum absolute atomic E-state index is 0.238. The number of Topliss-reactive ketones (excluding diaryl/α,β-unsaturated/α-hetero) is 1. The van der Waals surface area contributed by atoms with Gasteiger partial charge in [-0.1, -0.05) is 30.3 Å². The molecular formula is C15H11ClN2O2. The zero-order valence-electron chi connectivity index (χ0n) is 10.4. The molecule has 3 rings (SSSR count). The molecule has 0 saturated heterocycles. The van der Waals surface area contributed by atoms with Crippen LogP contribution in [-0.4, -0.2) is 11.8 Å². The van der Waals surface area contributed by atoms with Crippen molar-refractivity contribution >= 4 is 34.8 Å². The minimum atomic E-state index is -0.836. The maximum absolute atomic E-state index is 12.5. The maximum atomic E-state index is 12.5. The van der Waals surface area contributed by atoms with Crippen LogP contribution in [0.4, 0.5) is 16.2 Å². The molecular weight excluding hydrogens is 276 g/mol. The lowest BCUT2D eigenvalue weighted by Crippen LogP contribution is -2.32. The number of hydrogen-bond donors (Lipinski definition) is 1. The highest BCUT2D eigenvalue weighted by molar-refractivity contribution is 6.36. The smallest absolute Gasteiger partial charge is 0.323 e. The Morgan fingerprint density at radius 1 is 1.05 bits per heavy atom. The van der Waals surface area contributed by atoms with Crippen molar-refractivity contribution in [1.82, 2.24) is 0 Å². The van der Waals surface area contributed by atoms with Crippen LogP contribution in [0.25, 0.3) is 0 Å². The molecule has 0 bridgehead atoms. The highest BCUT2D eigenvalue weighted by atomic mass is 35.5. The molecule has 0 radical (unpaired) electrons. The van der Waals surface area contributed by atoms with Crippen LogP contribution in [0.5, 0.6) is 0 Å². The number of carbonyl (C=O) groups excluding carboxylic acids is 2. The molecule has 1 unspecified atom stereocenters. The number of nitrogens with two attached hydrogens (primary N) is 1. The number of amides is 2. The van der Waals surface area contributed by atoms with Crippen LogP contribution in [-0.2, 0) is 0 Å². The van der Waals surface area contributed by atoms with E-state index in [0.29, 0.717) is 22.5 Å². The minimum Gasteiger partial charge on any atom is -0.351 e. The van der Waals surface area contributed by atoms with Crippen LogP contribution in [0, 0.1) is 0 Å². The van der Waals surface area contributed by atoms with Gasteiger partial charge in [-0.25, -0.2) is 4.79 Å². The lowest BCUT2D eigenvalue weighted by atomic mass is 10.0. The Hall–Kier alpha value is -2.33. The summed E-state index contributed by atoms with van der Waals surface area (Å²) < 4.78 is 0. The van der Waals surface area contributed by atoms with Crippen molar-refractivity contribution in [1.29, 1.82) is 0 Å². The molecule has 2 amide bonds. The van der Waals surface area contributed by atoms with E-state index in [1.165, 1.54) is 4.90 Å². The number of hydrogen-bond acceptors (Lipinski definition) is 2. The van der Waals surface area contributed by atoms with Crippen LogP contribution in [0.3, 0.4) is 0 Å². The van der Waals surface area contributed by atoms with E-state index in [1.807, 2.05) is 0 Å². The fraction of sp³-hybridized carbons (Fsp3) is 0.0667. The third-order valence-electron chi connectivity index (χ3n) is 3.31. The van der Waals surface area contributed by atoms with Crippen molar-refractivity contribution in [3.63, 3.8) is 0 Å². The van der Waals surface area contributed by atoms with Gasteiger partial charge in [0.05, 0.1) is 11.4 Å². The van der Waals surface area contributed by atoms with Gasteiger partial charge in [-0.15, -0.1) is 11.6 Å². The summed E-state index contributed by atoms with van der Waals surface area (Å²) in [5, 5.41) is -0.836. The fourth-order valence-corrected chi connectivity index (χ4v) is 2.73. The summed E-state index contributed by atoms with van der Waals surface area (Å²) in [6.45, 7) is 0. The Labute approximate surface area is 120 Å². The highest BCUT2D eigenvalue weighted by Crippen LogP contribution is 2.42. The number of alkyl halides is 1. The standard InChI is InChI=1S/C15H11ClN2O2/c16-13-9-5-1-3-7-11(9)18(15(17)20)12-8-4-2-6-10(12)14(13)19/h1-8,13H,(H2,17,20). The van der Waals surface area contributed by atoms with Crippen molar-refractivity contribution in [2.45, 2.75) is 5.38 Å². The molecule has 0 aromatic heterocycles. The van der Waals surface area contributed by atoms with Gasteiger partial charge >= 0.3 is 6.03 Å². The van der Waals surface area contributed by atoms with Crippen molar-refractivity contribution < 1.29 is 9.59 Å². The molecule has 1 aliphatic heterocycles. The summed E-state index contributed by atoms with van der Waals surface area (Å²) in [7, 11) is 0. The number of urea groups is 1. The van der Waals surface area contributed by atoms with Crippen molar-refractivity contribution in [3.8, 4) is 0 Å². The molecule has 20 heavy (non-hydrogen) atoms. The van der Waals surface area contributed by atoms with Gasteiger partial charge in [0, 0.05) is 11.1 Å². The zero-order chi connectivity index (χ0) is 14.3. The van der Waals surface area contributed by atoms with E-state index in [1.54, 1.807) is 48.5 Å². The van der Waals surface area contributed by atoms with Crippen LogP contribution in [0.1, 0.15) is 21.3 Å². The second-order valence-corrected chi connectivity index (χ2v) is 4.91. The molecule has 5 heteroatoms. The maximum Gasteiger partial charge on any atom is 0.323 e. The lowest BCUT2D eigenvalue weighted by molar-refractivity contribution is 0.0988. The number of benzene rings is 2. The molecule has 0 saturated carbocycles. The molecule has 100 valence electrons. The van der Waals surface area contributed by atoms with E-state index < -0.39 is 11.4 Å². The van der Waals surface area contributed by atoms with E-state index in [9.17, 15) is 9.59 Å². The van der Waals surface area contributed by atoms with Crippen LogP contribution in [0.2, 0.25) is 0 Å². The molecule has 0 aliphatic carbocycles. The molecule has 2 aromatic rings. The van der Waals surface area contributed by atoms with Gasteiger partial charge in [-0.2, -0.15) is 0 Å². The second-order valence-electron chi connectivity index (χ2n) is 4.48. The van der Waals surface area contributed by atoms with E-state index in [4.69, 9.17) is 17.3 Å². The molecule has 1 aliphatic rings. The number of fused-ring (bicyclic) bond motifs is 2. The first-order chi connectivity index (χ1) is 9.61. The zero-order valence-corrected chi connectivity index (χ0v) is 11.2. The predicted octanol–water partition coefficient (Wildman–Crippen LogP) is 3.38. The molecule has 2 aromatic carbocycles. The van der Waals surface area contributed by atoms with Crippen LogP contribution in [0.15, 0.2) is 48.5 Å². The lowest BCUT2D eigenvalue weighted by Gasteiger charge is -2.22. The summed E-state index contributed by atoms with van der Waals surface area (Å²) >= 11 is 6.27. The van der Waals surface area contributed by atoms with Crippen LogP contribution < -0.4 is 10.6 Å². The Morgan fingerprint density at radius 3 is 2.35 bits per heavy atom. The number of anilines is 2. The first-order valence-electron chi connectivity index (χ1n) is 6.07. The van der Waals surface area contributed by atoms with E-state index in [-0.39, 0.29) is 5.78 Å². The highest BCUT2D eigenvalue weighted by Gasteiger charge is 2.33. The number of nitrogens with zero attached hydrogens (tertiary/aromatic N) is 1. The number of rotatable bonds is 0. The fourth-order valence-electron chi connectivity index (χ4n) is 2.43. The normalized spacial score (nSPS) is 17.1. The average Bonchev–Trinajstić information content (AvgIpc) is 2.55. The van der Waals surface area contributed by atoms with E-state index >= 15 is 0 Å². The SMILES string of the molecule is NC(=O)N1c2ccccc2C(=O)C(Cl)c2ccccc21. The van der Waals surface area contributed by atoms with Crippen molar-refractivity contribution in [2.24, 2.45) is 5.73 Å². The molecule has 4 nitrogen and oxygen atoms in total. The van der Waals surface area contributed by atoms with E-state index in [2.05, 4.69) is 0 Å². The largest absolute Gasteiger partial charge is 0.351 e. The Morgan fingerprint density at radius 2 is 1.65 bits per heavy atom. The molecule has 1 atom stereocenters. The Kier molecular flexibility index (Phi) is 2.95. The molecule has 2 N–H and O–H groups in total. The quantitative estimate of drug-likeness (QED) is 0.755. The van der Waals surface area contributed by atoms with Crippen LogP contribution >= 0.6 is 11.6 Å². The summed E-state index contributed by atoms with van der Waals surface area (Å²) in [6, 6.07) is 13.2. The molecule has 0 spiro atoms. The van der Waals surface area contributed by atoms with Gasteiger partial charge in [-0.3, -0.25) is 9.69 Å². The molecule has 1 heterocycles. The van der Waals surface area contributed by atoms with Gasteiger partial charge < -0.3 is 5.73 Å². The second kappa shape index (κ2) is 4.65. The number of ketones is 1. The predicted molar refractivity (Wildman–Crippen MR) is 77.5 cm³/mol. The number of primary amides is 1. The molecule has 0 fully saturated rings. The summed E-state index contributed by atoms with van der Waals surface area (Å²) in [6.07, 6.45) is 0. The Bertz CT molecular complexity index is 715. The first-order valence-corrected chi connectivity index (χ1v) is 6.50. The number of carbonyl (C=O) groups is 2. The summed E-state index contributed by atoms with van der Waals surface area (Å²) in [5.41, 5.74) is 7.46. The average molecular weight is 287 g/mol. The topological polar surface area (TPSA) is 63.4 Å². The van der Waals surface area contributed by atoms with Gasteiger partial charge in [0.1, 0.15) is 5.38 Å². The van der Waals surface area contributed by atoms with Gasteiger partial charge in [0.25, 0.3) is 0 Å². The first kappa shape index (κ1) is 12.7. The third kappa shape index (κ3) is 1.77. The summed E-state index contributed by atoms with van der Waals surface area (Å²) in [5.74, 6) is -0.238. The van der Waals surface area contributed by atoms with Crippen molar-refractivity contribution in [3.05, 3.63) is 59.7 Å². The van der Waals surface area contributed by atoms with Crippen molar-refractivity contribution in [2.75, 3.05) is 4.90 Å². The van der Waals surface area contributed by atoms with Gasteiger partial charge in [-0.05, 0) is 18.2 Å². The van der Waals surface area contributed by atoms with E-state index in [0.717, 1.165) is 0 Å². The number of para-hydroxylation sites is 2. The summed E-state index contributed by atoms with van der Waals surface area (Å²) in [4.78, 5) is 25.6. The number of halogens is 1. The van der Waals surface area contributed by atoms with Gasteiger partial charge in [0.2, 0.25) is 0 Å². The monoisotopic (exact) mass is 286 g/mol. The Balaban J connectivity index is 2.36. The third-order valence-corrected chi connectivity index (χ3v) is 3.74. The van der Waals surface area contributed by atoms with Gasteiger partial charge in [0.15, 0.2) is 5.78 Å².